The van der Waals surface area contributed by atoms with Crippen LogP contribution in [0.4, 0.5) is 17.1 Å². The Kier molecular flexibility index (Phi) is 4.71. The Hall–Kier alpha value is -3.02. The molecule has 0 unspecified atom stereocenters. The third-order valence-electron chi connectivity index (χ3n) is 5.79. The first-order valence-electron chi connectivity index (χ1n) is 9.69. The lowest BCUT2D eigenvalue weighted by molar-refractivity contribution is -0.115. The maximum absolute atomic E-state index is 13.0. The Balaban J connectivity index is 1.47. The van der Waals surface area contributed by atoms with Crippen molar-refractivity contribution in [3.05, 3.63) is 53.1 Å². The molecule has 2 aliphatic rings. The van der Waals surface area contributed by atoms with Gasteiger partial charge in [-0.25, -0.2) is 0 Å². The van der Waals surface area contributed by atoms with E-state index < -0.39 is 0 Å². The highest BCUT2D eigenvalue weighted by Crippen LogP contribution is 2.30. The molecule has 2 heterocycles. The molecule has 0 aromatic heterocycles. The molecule has 2 aromatic carbocycles. The summed E-state index contributed by atoms with van der Waals surface area (Å²) >= 11 is 0. The SMILES string of the molecule is Cc1cccc(N2CCN(C(=O)c3ccc4c(c3)NC(=O)CN4C)CC2)c1C. The Labute approximate surface area is 165 Å². The van der Waals surface area contributed by atoms with Crippen molar-refractivity contribution >= 4 is 28.9 Å². The van der Waals surface area contributed by atoms with Gasteiger partial charge in [0, 0.05) is 44.5 Å². The molecular weight excluding hydrogens is 352 g/mol. The van der Waals surface area contributed by atoms with Crippen LogP contribution in [0.5, 0.6) is 0 Å². The molecule has 0 saturated carbocycles. The molecule has 6 nitrogen and oxygen atoms in total. The number of hydrogen-bond donors (Lipinski definition) is 1. The summed E-state index contributed by atoms with van der Waals surface area (Å²) in [4.78, 5) is 30.9. The van der Waals surface area contributed by atoms with E-state index in [-0.39, 0.29) is 11.8 Å². The number of hydrogen-bond acceptors (Lipinski definition) is 4. The van der Waals surface area contributed by atoms with Crippen LogP contribution >= 0.6 is 0 Å². The van der Waals surface area contributed by atoms with E-state index in [0.717, 1.165) is 18.8 Å². The number of piperazine rings is 1. The predicted molar refractivity (Wildman–Crippen MR) is 112 cm³/mol. The molecular formula is C22H26N4O2. The fraction of sp³-hybridized carbons (Fsp3) is 0.364. The first kappa shape index (κ1) is 18.3. The van der Waals surface area contributed by atoms with Gasteiger partial charge in [-0.15, -0.1) is 0 Å². The van der Waals surface area contributed by atoms with Gasteiger partial charge in [0.05, 0.1) is 17.9 Å². The normalized spacial score (nSPS) is 16.7. The summed E-state index contributed by atoms with van der Waals surface area (Å²) in [7, 11) is 1.88. The number of amides is 2. The van der Waals surface area contributed by atoms with E-state index in [4.69, 9.17) is 0 Å². The van der Waals surface area contributed by atoms with Gasteiger partial charge >= 0.3 is 0 Å². The zero-order valence-corrected chi connectivity index (χ0v) is 16.7. The van der Waals surface area contributed by atoms with Crippen LogP contribution in [0.3, 0.4) is 0 Å². The molecule has 146 valence electrons. The third-order valence-corrected chi connectivity index (χ3v) is 5.79. The number of benzene rings is 2. The van der Waals surface area contributed by atoms with Crippen LogP contribution in [-0.2, 0) is 4.79 Å². The summed E-state index contributed by atoms with van der Waals surface area (Å²) in [5, 5.41) is 2.87. The Morgan fingerprint density at radius 2 is 1.75 bits per heavy atom. The quantitative estimate of drug-likeness (QED) is 0.873. The molecule has 0 aliphatic carbocycles. The number of fused-ring (bicyclic) bond motifs is 1. The lowest BCUT2D eigenvalue weighted by atomic mass is 10.1. The molecule has 0 bridgehead atoms. The largest absolute Gasteiger partial charge is 0.368 e. The number of anilines is 3. The summed E-state index contributed by atoms with van der Waals surface area (Å²) < 4.78 is 0. The summed E-state index contributed by atoms with van der Waals surface area (Å²) in [6.07, 6.45) is 0. The average molecular weight is 378 g/mol. The maximum Gasteiger partial charge on any atom is 0.254 e. The van der Waals surface area contributed by atoms with Crippen LogP contribution < -0.4 is 15.1 Å². The Morgan fingerprint density at radius 1 is 1.00 bits per heavy atom. The minimum Gasteiger partial charge on any atom is -0.368 e. The molecule has 4 rings (SSSR count). The average Bonchev–Trinajstić information content (AvgIpc) is 2.69. The number of likely N-dealkylation sites (N-methyl/N-ethyl adjacent to an activating group) is 1. The van der Waals surface area contributed by atoms with Gasteiger partial charge in [-0.3, -0.25) is 9.59 Å². The molecule has 1 saturated heterocycles. The summed E-state index contributed by atoms with van der Waals surface area (Å²) in [5.41, 5.74) is 6.12. The van der Waals surface area contributed by atoms with Crippen molar-refractivity contribution in [2.24, 2.45) is 0 Å². The predicted octanol–water partition coefficient (Wildman–Crippen LogP) is 2.65. The molecule has 28 heavy (non-hydrogen) atoms. The maximum atomic E-state index is 13.0. The summed E-state index contributed by atoms with van der Waals surface area (Å²) in [6, 6.07) is 11.9. The molecule has 2 aliphatic heterocycles. The fourth-order valence-corrected chi connectivity index (χ4v) is 4.00. The van der Waals surface area contributed by atoms with Gasteiger partial charge in [-0.2, -0.15) is 0 Å². The van der Waals surface area contributed by atoms with E-state index >= 15 is 0 Å². The standard InChI is InChI=1S/C22H26N4O2/c1-15-5-4-6-19(16(15)2)25-9-11-26(12-10-25)22(28)17-7-8-20-18(13-17)23-21(27)14-24(20)3/h4-8,13H,9-12,14H2,1-3H3,(H,23,27). The first-order valence-corrected chi connectivity index (χ1v) is 9.69. The zero-order chi connectivity index (χ0) is 19.8. The highest BCUT2D eigenvalue weighted by Gasteiger charge is 2.25. The Bertz CT molecular complexity index is 932. The van der Waals surface area contributed by atoms with E-state index in [1.807, 2.05) is 29.0 Å². The van der Waals surface area contributed by atoms with Gasteiger partial charge in [-0.05, 0) is 49.2 Å². The molecule has 1 N–H and O–H groups in total. The third kappa shape index (κ3) is 3.30. The van der Waals surface area contributed by atoms with Gasteiger partial charge in [0.1, 0.15) is 0 Å². The van der Waals surface area contributed by atoms with E-state index in [1.165, 1.54) is 16.8 Å². The first-order chi connectivity index (χ1) is 13.4. The second-order valence-corrected chi connectivity index (χ2v) is 7.63. The van der Waals surface area contributed by atoms with Crippen LogP contribution in [0.15, 0.2) is 36.4 Å². The second-order valence-electron chi connectivity index (χ2n) is 7.63. The molecule has 2 amide bonds. The number of aryl methyl sites for hydroxylation is 1. The molecule has 0 spiro atoms. The topological polar surface area (TPSA) is 55.9 Å². The van der Waals surface area contributed by atoms with Gasteiger partial charge in [0.15, 0.2) is 0 Å². The smallest absolute Gasteiger partial charge is 0.254 e. The lowest BCUT2D eigenvalue weighted by Crippen LogP contribution is -2.49. The fourth-order valence-electron chi connectivity index (χ4n) is 4.00. The number of rotatable bonds is 2. The van der Waals surface area contributed by atoms with Crippen LogP contribution in [0, 0.1) is 13.8 Å². The Morgan fingerprint density at radius 3 is 2.50 bits per heavy atom. The van der Waals surface area contributed by atoms with Crippen molar-refractivity contribution < 1.29 is 9.59 Å². The molecule has 0 atom stereocenters. The van der Waals surface area contributed by atoms with E-state index in [9.17, 15) is 9.59 Å². The van der Waals surface area contributed by atoms with Gasteiger partial charge in [0.2, 0.25) is 5.91 Å². The summed E-state index contributed by atoms with van der Waals surface area (Å²) in [6.45, 7) is 7.64. The lowest BCUT2D eigenvalue weighted by Gasteiger charge is -2.37. The van der Waals surface area contributed by atoms with Crippen molar-refractivity contribution in [2.75, 3.05) is 54.9 Å². The summed E-state index contributed by atoms with van der Waals surface area (Å²) in [5.74, 6) is -0.0346. The second kappa shape index (κ2) is 7.19. The number of nitrogens with one attached hydrogen (secondary N) is 1. The minimum absolute atomic E-state index is 0.0193. The molecule has 6 heteroatoms. The van der Waals surface area contributed by atoms with Gasteiger partial charge in [0.25, 0.3) is 5.91 Å². The van der Waals surface area contributed by atoms with Crippen molar-refractivity contribution in [1.82, 2.24) is 4.90 Å². The van der Waals surface area contributed by atoms with Crippen molar-refractivity contribution in [3.63, 3.8) is 0 Å². The number of carbonyl (C=O) groups excluding carboxylic acids is 2. The molecule has 0 radical (unpaired) electrons. The highest BCUT2D eigenvalue weighted by molar-refractivity contribution is 6.04. The van der Waals surface area contributed by atoms with Gasteiger partial charge < -0.3 is 20.0 Å². The number of nitrogens with zero attached hydrogens (tertiary/aromatic N) is 3. The zero-order valence-electron chi connectivity index (χ0n) is 16.7. The van der Waals surface area contributed by atoms with E-state index in [2.05, 4.69) is 42.3 Å². The number of carbonyl (C=O) groups is 2. The van der Waals surface area contributed by atoms with E-state index in [1.54, 1.807) is 6.07 Å². The van der Waals surface area contributed by atoms with Crippen LogP contribution in [-0.4, -0.2) is 56.5 Å². The monoisotopic (exact) mass is 378 g/mol. The van der Waals surface area contributed by atoms with Crippen molar-refractivity contribution in [1.29, 1.82) is 0 Å². The van der Waals surface area contributed by atoms with Crippen LogP contribution in [0.2, 0.25) is 0 Å². The van der Waals surface area contributed by atoms with Crippen LogP contribution in [0.1, 0.15) is 21.5 Å². The van der Waals surface area contributed by atoms with Crippen LogP contribution in [0.25, 0.3) is 0 Å². The van der Waals surface area contributed by atoms with Crippen molar-refractivity contribution in [3.8, 4) is 0 Å². The molecule has 2 aromatic rings. The minimum atomic E-state index is -0.0539. The molecule has 1 fully saturated rings. The van der Waals surface area contributed by atoms with Gasteiger partial charge in [-0.1, -0.05) is 12.1 Å². The highest BCUT2D eigenvalue weighted by atomic mass is 16.2. The van der Waals surface area contributed by atoms with Crippen molar-refractivity contribution in [2.45, 2.75) is 13.8 Å². The van der Waals surface area contributed by atoms with E-state index in [0.29, 0.717) is 30.9 Å².